The predicted molar refractivity (Wildman–Crippen MR) is 67.1 cm³/mol. The molecule has 0 radical (unpaired) electrons. The first-order valence-corrected chi connectivity index (χ1v) is 7.01. The Kier molecular flexibility index (Phi) is 18.4. The summed E-state index contributed by atoms with van der Waals surface area (Å²) in [6.07, 6.45) is 0. The summed E-state index contributed by atoms with van der Waals surface area (Å²) in [6, 6.07) is 15.0. The van der Waals surface area contributed by atoms with Gasteiger partial charge in [0.05, 0.1) is 0 Å². The molecule has 0 spiro atoms. The number of phenols is 1. The van der Waals surface area contributed by atoms with E-state index < -0.39 is 13.8 Å². The third kappa shape index (κ3) is 14.0. The van der Waals surface area contributed by atoms with E-state index in [1.54, 1.807) is 36.4 Å². The molecule has 2 aromatic rings. The molecule has 112 valence electrons. The van der Waals surface area contributed by atoms with E-state index in [2.05, 4.69) is 0 Å². The third-order valence-electron chi connectivity index (χ3n) is 2.08. The SMILES string of the molecule is O=C(Oc1ccccc1)c1ccccc1O.O=P([O-])([O-])[O-].[Na+].[Na+].[Na+]. The number of hydrogen-bond donors (Lipinski definition) is 1. The second-order valence-electron chi connectivity index (χ2n) is 3.67. The molecule has 0 saturated carbocycles. The minimum atomic E-state index is -5.39. The van der Waals surface area contributed by atoms with Crippen molar-refractivity contribution in [2.45, 2.75) is 0 Å². The summed E-state index contributed by atoms with van der Waals surface area (Å²) in [5.74, 6) is -0.191. The molecule has 2 aromatic carbocycles. The monoisotopic (exact) mass is 378 g/mol. The Labute approximate surface area is 205 Å². The molecule has 0 heterocycles. The van der Waals surface area contributed by atoms with Gasteiger partial charge in [-0.25, -0.2) is 4.79 Å². The van der Waals surface area contributed by atoms with Gasteiger partial charge in [0, 0.05) is 0 Å². The summed E-state index contributed by atoms with van der Waals surface area (Å²) in [6.45, 7) is 0. The molecule has 0 bridgehead atoms. The van der Waals surface area contributed by atoms with Gasteiger partial charge in [-0.15, -0.1) is 0 Å². The van der Waals surface area contributed by atoms with E-state index in [1.807, 2.05) is 6.07 Å². The number of hydrogen-bond acceptors (Lipinski definition) is 7. The van der Waals surface area contributed by atoms with E-state index in [0.29, 0.717) is 5.75 Å². The molecule has 0 atom stereocenters. The molecule has 0 aliphatic heterocycles. The number of aromatic hydroxyl groups is 1. The maximum absolute atomic E-state index is 11.7. The van der Waals surface area contributed by atoms with Crippen molar-refractivity contribution >= 4 is 13.8 Å². The Bertz CT molecular complexity index is 641. The van der Waals surface area contributed by atoms with E-state index >= 15 is 0 Å². The number of phenolic OH excluding ortho intramolecular Hbond substituents is 1. The average molecular weight is 378 g/mol. The number of para-hydroxylation sites is 2. The summed E-state index contributed by atoms with van der Waals surface area (Å²) in [5, 5.41) is 9.46. The fourth-order valence-electron chi connectivity index (χ4n) is 1.30. The first-order chi connectivity index (χ1) is 9.77. The van der Waals surface area contributed by atoms with Crippen molar-refractivity contribution in [3.63, 3.8) is 0 Å². The normalized spacial score (nSPS) is 8.96. The molecule has 7 nitrogen and oxygen atoms in total. The molecular formula is C13H10Na3O7P. The molecule has 0 aliphatic rings. The zero-order chi connectivity index (χ0) is 15.9. The summed E-state index contributed by atoms with van der Waals surface area (Å²) in [4.78, 5) is 37.3. The van der Waals surface area contributed by atoms with Crippen molar-refractivity contribution in [2.24, 2.45) is 0 Å². The van der Waals surface area contributed by atoms with Gasteiger partial charge in [0.1, 0.15) is 17.1 Å². The number of phosphoric acid groups is 1. The van der Waals surface area contributed by atoms with Gasteiger partial charge >= 0.3 is 94.6 Å². The largest absolute Gasteiger partial charge is 1.00 e. The van der Waals surface area contributed by atoms with Crippen LogP contribution in [0.3, 0.4) is 0 Å². The van der Waals surface area contributed by atoms with Crippen LogP contribution in [0.5, 0.6) is 11.5 Å². The van der Waals surface area contributed by atoms with Crippen LogP contribution in [-0.2, 0) is 4.57 Å². The van der Waals surface area contributed by atoms with Crippen molar-refractivity contribution in [1.29, 1.82) is 0 Å². The van der Waals surface area contributed by atoms with Crippen LogP contribution in [0.4, 0.5) is 0 Å². The summed E-state index contributed by atoms with van der Waals surface area (Å²) < 4.78 is 13.6. The molecule has 0 amide bonds. The Morgan fingerprint density at radius 2 is 1.29 bits per heavy atom. The maximum atomic E-state index is 11.7. The number of benzene rings is 2. The van der Waals surface area contributed by atoms with Gasteiger partial charge in [-0.2, -0.15) is 7.82 Å². The van der Waals surface area contributed by atoms with Crippen LogP contribution in [-0.4, -0.2) is 11.1 Å². The quantitative estimate of drug-likeness (QED) is 0.238. The van der Waals surface area contributed by atoms with Gasteiger partial charge in [0.25, 0.3) is 0 Å². The standard InChI is InChI=1S/C13H10O3.3Na.H3O4P/c14-12-9-5-4-8-11(12)13(15)16-10-6-2-1-3-7-10;;;;1-5(2,3)4/h1-9,14H;;;;(H3,1,2,3,4)/q;3*+1;/p-3. The fraction of sp³-hybridized carbons (Fsp3) is 0. The maximum Gasteiger partial charge on any atom is 1.00 e. The first kappa shape index (κ1) is 29.6. The Morgan fingerprint density at radius 3 is 1.75 bits per heavy atom. The van der Waals surface area contributed by atoms with Crippen molar-refractivity contribution in [3.8, 4) is 11.5 Å². The molecule has 11 heteroatoms. The van der Waals surface area contributed by atoms with Crippen LogP contribution in [0.15, 0.2) is 54.6 Å². The van der Waals surface area contributed by atoms with E-state index in [-0.39, 0.29) is 100.0 Å². The molecule has 0 unspecified atom stereocenters. The number of esters is 1. The van der Waals surface area contributed by atoms with Gasteiger partial charge in [0.15, 0.2) is 0 Å². The molecule has 0 fully saturated rings. The number of rotatable bonds is 2. The number of ether oxygens (including phenoxy) is 1. The Hall–Kier alpha value is 0.820. The van der Waals surface area contributed by atoms with Crippen LogP contribution in [0.1, 0.15) is 10.4 Å². The molecule has 0 aliphatic carbocycles. The van der Waals surface area contributed by atoms with Gasteiger partial charge in [-0.3, -0.25) is 0 Å². The zero-order valence-electron chi connectivity index (χ0n) is 13.5. The number of carbonyl (C=O) groups is 1. The minimum Gasteiger partial charge on any atom is -0.822 e. The topological polar surface area (TPSA) is 133 Å². The van der Waals surface area contributed by atoms with Crippen molar-refractivity contribution in [2.75, 3.05) is 0 Å². The van der Waals surface area contributed by atoms with Crippen molar-refractivity contribution < 1.29 is 123 Å². The Morgan fingerprint density at radius 1 is 0.875 bits per heavy atom. The zero-order valence-corrected chi connectivity index (χ0v) is 20.4. The van der Waals surface area contributed by atoms with E-state index in [0.717, 1.165) is 0 Å². The third-order valence-corrected chi connectivity index (χ3v) is 2.08. The van der Waals surface area contributed by atoms with Crippen LogP contribution in [0.2, 0.25) is 0 Å². The smallest absolute Gasteiger partial charge is 0.822 e. The van der Waals surface area contributed by atoms with Gasteiger partial charge < -0.3 is 29.1 Å². The minimum absolute atomic E-state index is 0. The summed E-state index contributed by atoms with van der Waals surface area (Å²) in [5.41, 5.74) is 0.159. The molecule has 1 N–H and O–H groups in total. The van der Waals surface area contributed by atoms with Crippen molar-refractivity contribution in [3.05, 3.63) is 60.2 Å². The van der Waals surface area contributed by atoms with Crippen molar-refractivity contribution in [1.82, 2.24) is 0 Å². The molecule has 2 rings (SSSR count). The molecule has 24 heavy (non-hydrogen) atoms. The first-order valence-electron chi connectivity index (χ1n) is 5.55. The molecule has 0 saturated heterocycles. The molecular weight excluding hydrogens is 368 g/mol. The average Bonchev–Trinajstić information content (AvgIpc) is 2.38. The van der Waals surface area contributed by atoms with E-state index in [9.17, 15) is 9.90 Å². The van der Waals surface area contributed by atoms with Crippen LogP contribution in [0, 0.1) is 0 Å². The van der Waals surface area contributed by atoms with E-state index in [4.69, 9.17) is 24.0 Å². The van der Waals surface area contributed by atoms with Gasteiger partial charge in [0.2, 0.25) is 0 Å². The summed E-state index contributed by atoms with van der Waals surface area (Å²) >= 11 is 0. The van der Waals surface area contributed by atoms with E-state index in [1.165, 1.54) is 12.1 Å². The predicted octanol–water partition coefficient (Wildman–Crippen LogP) is -9.20. The van der Waals surface area contributed by atoms with Gasteiger partial charge in [-0.05, 0) is 24.3 Å². The second kappa shape index (κ2) is 14.9. The fourth-order valence-corrected chi connectivity index (χ4v) is 1.30. The summed E-state index contributed by atoms with van der Waals surface area (Å²) in [7, 11) is -5.39. The molecule has 0 aromatic heterocycles. The van der Waals surface area contributed by atoms with Crippen LogP contribution < -0.4 is 108 Å². The van der Waals surface area contributed by atoms with Gasteiger partial charge in [-0.1, -0.05) is 30.3 Å². The van der Waals surface area contributed by atoms with Crippen LogP contribution in [0.25, 0.3) is 0 Å². The van der Waals surface area contributed by atoms with Crippen LogP contribution >= 0.6 is 7.82 Å². The second-order valence-corrected chi connectivity index (χ2v) is 4.56. The number of carbonyl (C=O) groups excluding carboxylic acids is 1. The Balaban J connectivity index is -0.000000490.